The first kappa shape index (κ1) is 25.4. The van der Waals surface area contributed by atoms with Crippen molar-refractivity contribution in [3.63, 3.8) is 0 Å². The molecule has 0 saturated carbocycles. The van der Waals surface area contributed by atoms with E-state index < -0.39 is 0 Å². The van der Waals surface area contributed by atoms with Crippen molar-refractivity contribution in [1.82, 2.24) is 0 Å². The van der Waals surface area contributed by atoms with Crippen molar-refractivity contribution >= 4 is 24.9 Å². The van der Waals surface area contributed by atoms with Crippen molar-refractivity contribution < 1.29 is 13.9 Å². The van der Waals surface area contributed by atoms with Gasteiger partial charge in [0.25, 0.3) is 0 Å². The first-order chi connectivity index (χ1) is 17.0. The number of allylic oxidation sites excluding steroid dienone is 8. The molecule has 0 aliphatic heterocycles. The lowest BCUT2D eigenvalue weighted by molar-refractivity contribution is 0.0511. The predicted octanol–water partition coefficient (Wildman–Crippen LogP) is 5.85. The van der Waals surface area contributed by atoms with Gasteiger partial charge >= 0.3 is 0 Å². The summed E-state index contributed by atoms with van der Waals surface area (Å²) in [7, 11) is 5.90. The summed E-state index contributed by atoms with van der Waals surface area (Å²) in [5.74, 6) is 1.62. The van der Waals surface area contributed by atoms with E-state index in [1.54, 1.807) is 19.2 Å². The van der Waals surface area contributed by atoms with Crippen molar-refractivity contribution in [3.05, 3.63) is 95.9 Å². The summed E-state index contributed by atoms with van der Waals surface area (Å²) in [4.78, 5) is 1.98. The summed E-state index contributed by atoms with van der Waals surface area (Å²) in [6.07, 6.45) is 21.6. The molecule has 0 N–H and O–H groups in total. The van der Waals surface area contributed by atoms with Gasteiger partial charge in [0.05, 0.1) is 0 Å². The van der Waals surface area contributed by atoms with E-state index in [4.69, 9.17) is 9.47 Å². The average molecular weight is 492 g/mol. The first-order valence-corrected chi connectivity index (χ1v) is 13.2. The molecule has 0 saturated heterocycles. The van der Waals surface area contributed by atoms with Crippen molar-refractivity contribution in [2.24, 2.45) is 11.8 Å². The summed E-state index contributed by atoms with van der Waals surface area (Å²) < 4.78 is 25.6. The Bertz CT molecular complexity index is 1140. The van der Waals surface area contributed by atoms with Crippen molar-refractivity contribution in [2.75, 3.05) is 32.9 Å². The number of benzene rings is 2. The number of ether oxygens (including phenoxy) is 2. The van der Waals surface area contributed by atoms with Crippen LogP contribution in [0.25, 0.3) is 0 Å². The quantitative estimate of drug-likeness (QED) is 0.307. The number of anilines is 1. The fourth-order valence-electron chi connectivity index (χ4n) is 4.68. The molecule has 3 atom stereocenters. The Morgan fingerprint density at radius 2 is 1.63 bits per heavy atom. The molecule has 2 aromatic carbocycles. The molecule has 3 nitrogen and oxygen atoms in total. The smallest absolute Gasteiger partial charge is 0.188 e. The Morgan fingerprint density at radius 1 is 0.914 bits per heavy atom. The van der Waals surface area contributed by atoms with E-state index in [9.17, 15) is 4.39 Å². The van der Waals surface area contributed by atoms with Gasteiger partial charge in [0, 0.05) is 37.5 Å². The SMILES string of the molecule is COCOc1c(CC2C=CC=CC2)cc(CC2C=CC=CC2)cc1Pc1ccc(F)cc1N(C)C. The molecule has 0 spiro atoms. The third kappa shape index (κ3) is 6.93. The predicted molar refractivity (Wildman–Crippen MR) is 147 cm³/mol. The summed E-state index contributed by atoms with van der Waals surface area (Å²) in [5, 5.41) is 2.25. The normalized spacial score (nSPS) is 19.1. The second-order valence-electron chi connectivity index (χ2n) is 9.39. The minimum atomic E-state index is -0.221. The maximum Gasteiger partial charge on any atom is 0.188 e. The maximum atomic E-state index is 14.1. The fraction of sp³-hybridized carbons (Fsp3) is 0.333. The van der Waals surface area contributed by atoms with E-state index in [-0.39, 0.29) is 12.6 Å². The summed E-state index contributed by atoms with van der Waals surface area (Å²) in [6, 6.07) is 9.68. The Kier molecular flexibility index (Phi) is 8.95. The second-order valence-corrected chi connectivity index (χ2v) is 10.7. The molecular formula is C30H35FNO2P. The Balaban J connectivity index is 1.75. The van der Waals surface area contributed by atoms with E-state index in [2.05, 4.69) is 60.7 Å². The molecule has 0 radical (unpaired) electrons. The molecule has 35 heavy (non-hydrogen) atoms. The van der Waals surface area contributed by atoms with Crippen LogP contribution < -0.4 is 20.2 Å². The van der Waals surface area contributed by atoms with Crippen molar-refractivity contribution in [2.45, 2.75) is 25.7 Å². The van der Waals surface area contributed by atoms with Crippen LogP contribution in [0.15, 0.2) is 78.9 Å². The Hall–Kier alpha value is -2.68. The van der Waals surface area contributed by atoms with Crippen LogP contribution >= 0.6 is 8.58 Å². The van der Waals surface area contributed by atoms with E-state index >= 15 is 0 Å². The van der Waals surface area contributed by atoms with Crippen LogP contribution in [0.3, 0.4) is 0 Å². The highest BCUT2D eigenvalue weighted by molar-refractivity contribution is 7.56. The van der Waals surface area contributed by atoms with Gasteiger partial charge in [0.1, 0.15) is 11.6 Å². The molecule has 0 fully saturated rings. The van der Waals surface area contributed by atoms with Crippen molar-refractivity contribution in [3.8, 4) is 5.75 Å². The maximum absolute atomic E-state index is 14.1. The lowest BCUT2D eigenvalue weighted by atomic mass is 9.89. The molecule has 2 aromatic rings. The highest BCUT2D eigenvalue weighted by atomic mass is 31.1. The zero-order valence-corrected chi connectivity index (χ0v) is 21.8. The van der Waals surface area contributed by atoms with Crippen LogP contribution in [0.2, 0.25) is 0 Å². The summed E-state index contributed by atoms with van der Waals surface area (Å²) in [6.45, 7) is 0.199. The second kappa shape index (κ2) is 12.3. The van der Waals surface area contributed by atoms with Crippen LogP contribution in [0, 0.1) is 17.7 Å². The van der Waals surface area contributed by atoms with Gasteiger partial charge < -0.3 is 14.4 Å². The van der Waals surface area contributed by atoms with Crippen LogP contribution in [0.1, 0.15) is 24.0 Å². The average Bonchev–Trinajstić information content (AvgIpc) is 2.86. The van der Waals surface area contributed by atoms with Crippen LogP contribution in [0.4, 0.5) is 10.1 Å². The lowest BCUT2D eigenvalue weighted by Gasteiger charge is -2.23. The molecule has 0 amide bonds. The van der Waals surface area contributed by atoms with Gasteiger partial charge in [-0.25, -0.2) is 4.39 Å². The Labute approximate surface area is 210 Å². The standard InChI is InChI=1S/C30H35FNO2P/c1-32(2)27-20-26(31)14-15-28(27)35-29-19-24(16-22-10-6-4-7-11-22)18-25(30(29)34-21-33-3)17-23-12-8-5-9-13-23/h4-10,12,14-15,18-20,22-23,35H,11,13,16-17,21H2,1-3H3. The van der Waals surface area contributed by atoms with E-state index in [1.165, 1.54) is 11.1 Å². The highest BCUT2D eigenvalue weighted by Gasteiger charge is 2.19. The number of nitrogens with zero attached hydrogens (tertiary/aromatic N) is 1. The molecule has 184 valence electrons. The molecule has 3 unspecified atom stereocenters. The minimum Gasteiger partial charge on any atom is -0.467 e. The summed E-state index contributed by atoms with van der Waals surface area (Å²) in [5.41, 5.74) is 3.44. The largest absolute Gasteiger partial charge is 0.467 e. The molecular weight excluding hydrogens is 456 g/mol. The number of hydrogen-bond donors (Lipinski definition) is 0. The van der Waals surface area contributed by atoms with Gasteiger partial charge in [-0.15, -0.1) is 0 Å². The Morgan fingerprint density at radius 3 is 2.26 bits per heavy atom. The van der Waals surface area contributed by atoms with Gasteiger partial charge in [-0.2, -0.15) is 0 Å². The van der Waals surface area contributed by atoms with Crippen LogP contribution in [-0.2, 0) is 17.6 Å². The molecule has 2 aliphatic rings. The van der Waals surface area contributed by atoms with Gasteiger partial charge in [-0.05, 0) is 72.9 Å². The fourth-order valence-corrected chi connectivity index (χ4v) is 6.17. The van der Waals surface area contributed by atoms with E-state index in [0.29, 0.717) is 20.4 Å². The zero-order valence-electron chi connectivity index (χ0n) is 20.8. The van der Waals surface area contributed by atoms with Crippen LogP contribution in [-0.4, -0.2) is 28.0 Å². The van der Waals surface area contributed by atoms with Gasteiger partial charge in [0.2, 0.25) is 0 Å². The molecule has 0 heterocycles. The van der Waals surface area contributed by atoms with E-state index in [0.717, 1.165) is 47.7 Å². The first-order valence-electron chi connectivity index (χ1n) is 12.2. The number of halogens is 1. The topological polar surface area (TPSA) is 21.7 Å². The highest BCUT2D eigenvalue weighted by Crippen LogP contribution is 2.32. The minimum absolute atomic E-state index is 0.199. The zero-order chi connectivity index (χ0) is 24.6. The summed E-state index contributed by atoms with van der Waals surface area (Å²) >= 11 is 0. The lowest BCUT2D eigenvalue weighted by Crippen LogP contribution is -2.20. The molecule has 4 rings (SSSR count). The van der Waals surface area contributed by atoms with Gasteiger partial charge in [0.15, 0.2) is 6.79 Å². The number of hydrogen-bond acceptors (Lipinski definition) is 3. The van der Waals surface area contributed by atoms with Gasteiger partial charge in [-0.3, -0.25) is 0 Å². The van der Waals surface area contributed by atoms with Crippen LogP contribution in [0.5, 0.6) is 5.75 Å². The van der Waals surface area contributed by atoms with Crippen molar-refractivity contribution in [1.29, 1.82) is 0 Å². The number of methoxy groups -OCH3 is 1. The molecule has 0 bridgehead atoms. The van der Waals surface area contributed by atoms with Gasteiger partial charge in [-0.1, -0.05) is 63.3 Å². The number of rotatable bonds is 10. The van der Waals surface area contributed by atoms with E-state index in [1.807, 2.05) is 25.1 Å². The third-order valence-corrected chi connectivity index (χ3v) is 7.71. The molecule has 2 aliphatic carbocycles. The molecule has 5 heteroatoms. The third-order valence-electron chi connectivity index (χ3n) is 6.38. The molecule has 0 aromatic heterocycles. The monoisotopic (exact) mass is 491 g/mol.